The number of rotatable bonds is 6. The van der Waals surface area contributed by atoms with E-state index in [4.69, 9.17) is 10.2 Å². The monoisotopic (exact) mass is 296 g/mol. The third-order valence-electron chi connectivity index (χ3n) is 3.34. The zero-order valence-electron chi connectivity index (χ0n) is 11.7. The lowest BCUT2D eigenvalue weighted by Crippen LogP contribution is -2.33. The quantitative estimate of drug-likeness (QED) is 0.872. The van der Waals surface area contributed by atoms with Crippen molar-refractivity contribution in [3.63, 3.8) is 0 Å². The van der Waals surface area contributed by atoms with E-state index in [2.05, 4.69) is 0 Å². The van der Waals surface area contributed by atoms with Gasteiger partial charge in [-0.2, -0.15) is 0 Å². The number of nitrogens with zero attached hydrogens (tertiary/aromatic N) is 1. The molecule has 0 spiro atoms. The van der Waals surface area contributed by atoms with Crippen LogP contribution in [-0.2, 0) is 9.84 Å². The highest BCUT2D eigenvalue weighted by molar-refractivity contribution is 7.90. The summed E-state index contributed by atoms with van der Waals surface area (Å²) >= 11 is 0. The van der Waals surface area contributed by atoms with Gasteiger partial charge in [0.25, 0.3) is 0 Å². The van der Waals surface area contributed by atoms with Crippen molar-refractivity contribution in [2.24, 2.45) is 5.73 Å². The lowest BCUT2D eigenvalue weighted by atomic mass is 10.2. The molecule has 5 nitrogen and oxygen atoms in total. The first-order valence-corrected chi connectivity index (χ1v) is 8.53. The minimum atomic E-state index is -2.98. The summed E-state index contributed by atoms with van der Waals surface area (Å²) in [5.41, 5.74) is 6.63. The molecule has 1 heterocycles. The Morgan fingerprint density at radius 3 is 2.65 bits per heavy atom. The van der Waals surface area contributed by atoms with Gasteiger partial charge in [-0.15, -0.1) is 0 Å². The maximum atomic E-state index is 11.2. The minimum Gasteiger partial charge on any atom is -0.459 e. The Labute approximate surface area is 119 Å². The molecular weight excluding hydrogens is 276 g/mol. The van der Waals surface area contributed by atoms with Crippen LogP contribution in [0.1, 0.15) is 11.8 Å². The summed E-state index contributed by atoms with van der Waals surface area (Å²) in [6.07, 6.45) is 1.24. The molecule has 0 saturated heterocycles. The van der Waals surface area contributed by atoms with Crippen LogP contribution >= 0.6 is 0 Å². The fourth-order valence-electron chi connectivity index (χ4n) is 2.15. The third kappa shape index (κ3) is 3.59. The van der Waals surface area contributed by atoms with E-state index >= 15 is 0 Å². The first kappa shape index (κ1) is 15.0. The van der Waals surface area contributed by atoms with E-state index in [1.807, 2.05) is 42.3 Å². The maximum Gasteiger partial charge on any atom is 0.148 e. The Morgan fingerprint density at radius 1 is 1.35 bits per heavy atom. The van der Waals surface area contributed by atoms with Gasteiger partial charge in [-0.05, 0) is 19.2 Å². The van der Waals surface area contributed by atoms with Crippen molar-refractivity contribution in [3.05, 3.63) is 36.1 Å². The largest absolute Gasteiger partial charge is 0.459 e. The number of likely N-dealkylation sites (N-methyl/N-ethyl adjacent to an activating group) is 1. The summed E-state index contributed by atoms with van der Waals surface area (Å²) in [6, 6.07) is 9.59. The van der Waals surface area contributed by atoms with Crippen LogP contribution in [0.4, 0.5) is 0 Å². The van der Waals surface area contributed by atoms with Gasteiger partial charge in [0.05, 0.1) is 11.8 Å². The van der Waals surface area contributed by atoms with E-state index in [0.29, 0.717) is 13.1 Å². The van der Waals surface area contributed by atoms with Crippen molar-refractivity contribution >= 4 is 20.8 Å². The van der Waals surface area contributed by atoms with E-state index in [1.165, 1.54) is 6.26 Å². The smallest absolute Gasteiger partial charge is 0.148 e. The summed E-state index contributed by atoms with van der Waals surface area (Å²) in [5, 5.41) is 1.03. The number of furan rings is 1. The van der Waals surface area contributed by atoms with Crippen LogP contribution in [0.25, 0.3) is 11.0 Å². The van der Waals surface area contributed by atoms with E-state index in [1.54, 1.807) is 0 Å². The second-order valence-corrected chi connectivity index (χ2v) is 7.31. The highest BCUT2D eigenvalue weighted by atomic mass is 32.2. The molecule has 0 aliphatic carbocycles. The second kappa shape index (κ2) is 5.95. The van der Waals surface area contributed by atoms with Gasteiger partial charge in [-0.25, -0.2) is 8.42 Å². The Morgan fingerprint density at radius 2 is 2.05 bits per heavy atom. The first-order chi connectivity index (χ1) is 9.40. The summed E-state index contributed by atoms with van der Waals surface area (Å²) < 4.78 is 28.3. The number of para-hydroxylation sites is 1. The Balaban J connectivity index is 2.18. The lowest BCUT2D eigenvalue weighted by Gasteiger charge is -2.24. The molecule has 1 aromatic heterocycles. The van der Waals surface area contributed by atoms with E-state index < -0.39 is 9.84 Å². The van der Waals surface area contributed by atoms with Crippen LogP contribution in [0.15, 0.2) is 34.7 Å². The number of sulfone groups is 1. The normalized spacial score (nSPS) is 14.0. The molecular formula is C14H20N2O3S. The molecule has 110 valence electrons. The summed E-state index contributed by atoms with van der Waals surface area (Å²) in [5.74, 6) is 0.880. The summed E-state index contributed by atoms with van der Waals surface area (Å²) in [6.45, 7) is 0.803. The van der Waals surface area contributed by atoms with Crippen LogP contribution in [0.5, 0.6) is 0 Å². The molecule has 0 aliphatic heterocycles. The zero-order chi connectivity index (χ0) is 14.8. The second-order valence-electron chi connectivity index (χ2n) is 5.05. The molecule has 0 bridgehead atoms. The number of hydrogen-bond acceptors (Lipinski definition) is 5. The van der Waals surface area contributed by atoms with Crippen molar-refractivity contribution in [1.29, 1.82) is 0 Å². The fourth-order valence-corrected chi connectivity index (χ4v) is 2.77. The molecule has 0 fully saturated rings. The Kier molecular flexibility index (Phi) is 4.47. The number of benzene rings is 1. The number of hydrogen-bond donors (Lipinski definition) is 1. The molecule has 6 heteroatoms. The standard InChI is InChI=1S/C14H20N2O3S/c1-16(7-8-20(2,17)18)12(10-15)14-9-11-5-3-4-6-13(11)19-14/h3-6,9,12H,7-8,10,15H2,1-2H3. The topological polar surface area (TPSA) is 76.5 Å². The van der Waals surface area contributed by atoms with Crippen molar-refractivity contribution in [2.75, 3.05) is 32.1 Å². The van der Waals surface area contributed by atoms with Gasteiger partial charge in [0.2, 0.25) is 0 Å². The molecule has 0 amide bonds. The Hall–Kier alpha value is -1.37. The van der Waals surface area contributed by atoms with E-state index in [9.17, 15) is 8.42 Å². The molecule has 1 atom stereocenters. The van der Waals surface area contributed by atoms with Gasteiger partial charge in [0, 0.05) is 24.7 Å². The van der Waals surface area contributed by atoms with Gasteiger partial charge >= 0.3 is 0 Å². The van der Waals surface area contributed by atoms with Gasteiger partial charge in [-0.3, -0.25) is 4.90 Å². The van der Waals surface area contributed by atoms with Crippen molar-refractivity contribution < 1.29 is 12.8 Å². The molecule has 20 heavy (non-hydrogen) atoms. The van der Waals surface area contributed by atoms with Crippen molar-refractivity contribution in [3.8, 4) is 0 Å². The summed E-state index contributed by atoms with van der Waals surface area (Å²) in [7, 11) is -1.12. The Bertz CT molecular complexity index is 646. The predicted molar refractivity (Wildman–Crippen MR) is 80.4 cm³/mol. The van der Waals surface area contributed by atoms with Gasteiger partial charge in [0.15, 0.2) is 0 Å². The molecule has 2 aromatic rings. The molecule has 0 aliphatic rings. The van der Waals surface area contributed by atoms with Gasteiger partial charge < -0.3 is 10.2 Å². The zero-order valence-corrected chi connectivity index (χ0v) is 12.6. The number of fused-ring (bicyclic) bond motifs is 1. The average Bonchev–Trinajstić information content (AvgIpc) is 2.79. The summed E-state index contributed by atoms with van der Waals surface area (Å²) in [4.78, 5) is 1.92. The lowest BCUT2D eigenvalue weighted by molar-refractivity contribution is 0.235. The van der Waals surface area contributed by atoms with E-state index in [-0.39, 0.29) is 11.8 Å². The van der Waals surface area contributed by atoms with Crippen molar-refractivity contribution in [2.45, 2.75) is 6.04 Å². The maximum absolute atomic E-state index is 11.2. The van der Waals surface area contributed by atoms with Gasteiger partial charge in [-0.1, -0.05) is 18.2 Å². The number of nitrogens with two attached hydrogens (primary N) is 1. The predicted octanol–water partition coefficient (Wildman–Crippen LogP) is 1.41. The third-order valence-corrected chi connectivity index (χ3v) is 4.27. The molecule has 0 radical (unpaired) electrons. The fraction of sp³-hybridized carbons (Fsp3) is 0.429. The molecule has 2 rings (SSSR count). The molecule has 0 saturated carbocycles. The highest BCUT2D eigenvalue weighted by Crippen LogP contribution is 2.26. The van der Waals surface area contributed by atoms with Crippen LogP contribution in [0.3, 0.4) is 0 Å². The van der Waals surface area contributed by atoms with Crippen molar-refractivity contribution in [1.82, 2.24) is 4.90 Å². The highest BCUT2D eigenvalue weighted by Gasteiger charge is 2.20. The molecule has 1 unspecified atom stereocenters. The average molecular weight is 296 g/mol. The first-order valence-electron chi connectivity index (χ1n) is 6.47. The molecule has 1 aromatic carbocycles. The van der Waals surface area contributed by atoms with E-state index in [0.717, 1.165) is 16.7 Å². The van der Waals surface area contributed by atoms with Gasteiger partial charge in [0.1, 0.15) is 21.2 Å². The van der Waals surface area contributed by atoms with Crippen LogP contribution in [-0.4, -0.2) is 45.5 Å². The van der Waals surface area contributed by atoms with Crippen LogP contribution < -0.4 is 5.73 Å². The van der Waals surface area contributed by atoms with Crippen LogP contribution in [0.2, 0.25) is 0 Å². The SMILES string of the molecule is CN(CCS(C)(=O)=O)C(CN)c1cc2ccccc2o1. The minimum absolute atomic E-state index is 0.111. The molecule has 2 N–H and O–H groups in total. The van der Waals surface area contributed by atoms with Crippen LogP contribution in [0, 0.1) is 0 Å².